The molecule has 0 aromatic heterocycles. The fourth-order valence-electron chi connectivity index (χ4n) is 5.27. The highest BCUT2D eigenvalue weighted by molar-refractivity contribution is 5.83. The molecule has 3 nitrogen and oxygen atoms in total. The van der Waals surface area contributed by atoms with Gasteiger partial charge in [0.2, 0.25) is 0 Å². The van der Waals surface area contributed by atoms with Crippen molar-refractivity contribution in [3.8, 4) is 0 Å². The molecule has 0 aromatic rings. The van der Waals surface area contributed by atoms with Crippen molar-refractivity contribution in [2.75, 3.05) is 6.61 Å². The molecule has 3 saturated carbocycles. The summed E-state index contributed by atoms with van der Waals surface area (Å²) in [5.41, 5.74) is 3.77. The number of fused-ring (bicyclic) bond motifs is 1. The number of rotatable bonds is 3. The Labute approximate surface area is 145 Å². The van der Waals surface area contributed by atoms with Crippen molar-refractivity contribution in [3.05, 3.63) is 35.5 Å². The minimum Gasteiger partial charge on any atom is -0.393 e. The maximum atomic E-state index is 12.1. The molecular weight excluding hydrogens is 300 g/mol. The van der Waals surface area contributed by atoms with Crippen LogP contribution in [0.4, 0.5) is 0 Å². The Bertz CT molecular complexity index is 586. The zero-order valence-electron chi connectivity index (χ0n) is 14.8. The SMILES string of the molecule is C=C1CC[C@@H](O)CC1=CC=C1CCC[C@]2(C)[C@@H](C(=O)CO)CC[C@@H]12. The van der Waals surface area contributed by atoms with Crippen molar-refractivity contribution in [2.45, 2.75) is 64.4 Å². The average Bonchev–Trinajstić information content (AvgIpc) is 2.92. The van der Waals surface area contributed by atoms with E-state index in [1.54, 1.807) is 0 Å². The first-order valence-electron chi connectivity index (χ1n) is 9.35. The summed E-state index contributed by atoms with van der Waals surface area (Å²) in [4.78, 5) is 12.1. The van der Waals surface area contributed by atoms with Gasteiger partial charge in [0, 0.05) is 5.92 Å². The van der Waals surface area contributed by atoms with E-state index in [9.17, 15) is 15.0 Å². The van der Waals surface area contributed by atoms with Crippen molar-refractivity contribution in [2.24, 2.45) is 17.3 Å². The van der Waals surface area contributed by atoms with Crippen LogP contribution >= 0.6 is 0 Å². The highest BCUT2D eigenvalue weighted by Gasteiger charge is 2.51. The summed E-state index contributed by atoms with van der Waals surface area (Å²) in [7, 11) is 0. The standard InChI is InChI=1S/C21H30O3/c1-14-5-8-17(23)12-16(14)7-6-15-4-3-11-21(2)18(15)9-10-19(21)20(24)13-22/h6-7,17-19,22-23H,1,3-5,8-13H2,2H3/t17-,18+,19-,21+/m1/s1. The third kappa shape index (κ3) is 3.16. The molecule has 0 unspecified atom stereocenters. The van der Waals surface area contributed by atoms with Gasteiger partial charge in [-0.3, -0.25) is 4.79 Å². The van der Waals surface area contributed by atoms with Crippen molar-refractivity contribution in [3.63, 3.8) is 0 Å². The molecule has 3 aliphatic rings. The van der Waals surface area contributed by atoms with Gasteiger partial charge in [-0.2, -0.15) is 0 Å². The second kappa shape index (κ2) is 6.97. The zero-order chi connectivity index (χ0) is 17.3. The molecule has 132 valence electrons. The van der Waals surface area contributed by atoms with Crippen molar-refractivity contribution < 1.29 is 15.0 Å². The summed E-state index contributed by atoms with van der Waals surface area (Å²) in [6.07, 6.45) is 11.8. The highest BCUT2D eigenvalue weighted by atomic mass is 16.3. The van der Waals surface area contributed by atoms with Gasteiger partial charge in [0.05, 0.1) is 6.10 Å². The third-order valence-electron chi connectivity index (χ3n) is 6.70. The summed E-state index contributed by atoms with van der Waals surface area (Å²) in [5.74, 6) is 0.476. The minimum absolute atomic E-state index is 0.00545. The van der Waals surface area contributed by atoms with Gasteiger partial charge in [0.25, 0.3) is 0 Å². The Morgan fingerprint density at radius 1 is 1.29 bits per heavy atom. The number of aliphatic hydroxyl groups excluding tert-OH is 2. The first kappa shape index (κ1) is 17.6. The molecule has 0 amide bonds. The summed E-state index contributed by atoms with van der Waals surface area (Å²) in [6, 6.07) is 0. The number of allylic oxidation sites excluding steroid dienone is 4. The fraction of sp³-hybridized carbons (Fsp3) is 0.667. The topological polar surface area (TPSA) is 57.5 Å². The third-order valence-corrected chi connectivity index (χ3v) is 6.70. The molecule has 0 heterocycles. The van der Waals surface area contributed by atoms with Crippen LogP contribution in [0.3, 0.4) is 0 Å². The lowest BCUT2D eigenvalue weighted by Gasteiger charge is -2.41. The number of aliphatic hydroxyl groups is 2. The Hall–Kier alpha value is -1.19. The van der Waals surface area contributed by atoms with E-state index in [-0.39, 0.29) is 29.8 Å². The lowest BCUT2D eigenvalue weighted by Crippen LogP contribution is -2.37. The zero-order valence-corrected chi connectivity index (χ0v) is 14.8. The van der Waals surface area contributed by atoms with E-state index in [4.69, 9.17) is 0 Å². The van der Waals surface area contributed by atoms with Crippen molar-refractivity contribution >= 4 is 5.78 Å². The van der Waals surface area contributed by atoms with Gasteiger partial charge < -0.3 is 10.2 Å². The highest BCUT2D eigenvalue weighted by Crippen LogP contribution is 2.57. The molecule has 0 bridgehead atoms. The van der Waals surface area contributed by atoms with Crippen LogP contribution in [0.25, 0.3) is 0 Å². The minimum atomic E-state index is -0.326. The van der Waals surface area contributed by atoms with E-state index in [1.807, 2.05) is 0 Å². The van der Waals surface area contributed by atoms with Gasteiger partial charge in [-0.1, -0.05) is 36.8 Å². The molecule has 0 aromatic carbocycles. The molecule has 3 heteroatoms. The van der Waals surface area contributed by atoms with Crippen LogP contribution in [-0.4, -0.2) is 28.7 Å². The number of Topliss-reactive ketones (excluding diaryl/α,β-unsaturated/α-hetero) is 1. The predicted molar refractivity (Wildman–Crippen MR) is 95.4 cm³/mol. The van der Waals surface area contributed by atoms with Crippen molar-refractivity contribution in [1.82, 2.24) is 0 Å². The fourth-order valence-corrected chi connectivity index (χ4v) is 5.27. The molecule has 0 saturated heterocycles. The van der Waals surface area contributed by atoms with Gasteiger partial charge in [-0.25, -0.2) is 0 Å². The van der Waals surface area contributed by atoms with Gasteiger partial charge in [0.1, 0.15) is 6.61 Å². The van der Waals surface area contributed by atoms with E-state index in [0.717, 1.165) is 50.5 Å². The monoisotopic (exact) mass is 330 g/mol. The number of carbonyl (C=O) groups is 1. The Morgan fingerprint density at radius 3 is 2.83 bits per heavy atom. The molecule has 3 aliphatic carbocycles. The maximum Gasteiger partial charge on any atom is 0.161 e. The maximum absolute atomic E-state index is 12.1. The predicted octanol–water partition coefficient (Wildman–Crippen LogP) is 3.72. The smallest absolute Gasteiger partial charge is 0.161 e. The Balaban J connectivity index is 1.82. The molecule has 2 N–H and O–H groups in total. The number of hydrogen-bond acceptors (Lipinski definition) is 3. The lowest BCUT2D eigenvalue weighted by atomic mass is 9.62. The van der Waals surface area contributed by atoms with E-state index < -0.39 is 0 Å². The van der Waals surface area contributed by atoms with E-state index >= 15 is 0 Å². The Kier molecular flexibility index (Phi) is 5.12. The van der Waals surface area contributed by atoms with Crippen LogP contribution in [0, 0.1) is 17.3 Å². The number of hydrogen-bond donors (Lipinski definition) is 2. The summed E-state index contributed by atoms with van der Waals surface area (Å²) < 4.78 is 0. The van der Waals surface area contributed by atoms with Gasteiger partial charge >= 0.3 is 0 Å². The molecule has 0 spiro atoms. The van der Waals surface area contributed by atoms with E-state index in [2.05, 4.69) is 25.7 Å². The van der Waals surface area contributed by atoms with Gasteiger partial charge in [0.15, 0.2) is 5.78 Å². The van der Waals surface area contributed by atoms with Crippen LogP contribution in [0.5, 0.6) is 0 Å². The molecule has 24 heavy (non-hydrogen) atoms. The molecule has 0 radical (unpaired) electrons. The molecule has 3 fully saturated rings. The molecule has 3 rings (SSSR count). The Morgan fingerprint density at radius 2 is 2.08 bits per heavy atom. The van der Waals surface area contributed by atoms with Gasteiger partial charge in [-0.15, -0.1) is 0 Å². The first-order valence-corrected chi connectivity index (χ1v) is 9.35. The van der Waals surface area contributed by atoms with Crippen LogP contribution in [0.2, 0.25) is 0 Å². The normalized spacial score (nSPS) is 40.1. The van der Waals surface area contributed by atoms with Crippen LogP contribution in [0.15, 0.2) is 35.5 Å². The average molecular weight is 330 g/mol. The number of ketones is 1. The van der Waals surface area contributed by atoms with Gasteiger partial charge in [-0.05, 0) is 68.3 Å². The van der Waals surface area contributed by atoms with Crippen LogP contribution in [0.1, 0.15) is 58.3 Å². The quantitative estimate of drug-likeness (QED) is 0.829. The van der Waals surface area contributed by atoms with Crippen molar-refractivity contribution in [1.29, 1.82) is 0 Å². The van der Waals surface area contributed by atoms with Crippen LogP contribution in [-0.2, 0) is 4.79 Å². The van der Waals surface area contributed by atoms with E-state index in [0.29, 0.717) is 12.3 Å². The second-order valence-corrected chi connectivity index (χ2v) is 8.10. The first-order chi connectivity index (χ1) is 11.5. The largest absolute Gasteiger partial charge is 0.393 e. The lowest BCUT2D eigenvalue weighted by molar-refractivity contribution is -0.129. The number of carbonyl (C=O) groups excluding carboxylic acids is 1. The summed E-state index contributed by atoms with van der Waals surface area (Å²) in [6.45, 7) is 6.06. The molecule has 4 atom stereocenters. The molecule has 0 aliphatic heterocycles. The molecular formula is C21H30O3. The van der Waals surface area contributed by atoms with E-state index in [1.165, 1.54) is 11.1 Å². The second-order valence-electron chi connectivity index (χ2n) is 8.10. The summed E-state index contributed by atoms with van der Waals surface area (Å²) in [5, 5.41) is 19.2. The summed E-state index contributed by atoms with van der Waals surface area (Å²) >= 11 is 0. The van der Waals surface area contributed by atoms with Crippen LogP contribution < -0.4 is 0 Å².